The lowest BCUT2D eigenvalue weighted by atomic mass is 10.1. The minimum Gasteiger partial charge on any atom is -0.379 e. The standard InChI is InChI=1S/C21H23N5O4S/c27-21(14-26-20-4-2-1-3-19(20)23-24-26)22-18-8-6-15-5-7-16(13-17(15)18)31(28,29)25-9-11-30-12-10-25/h1-5,7,13,18H,6,8-12,14H2,(H,22,27). The van der Waals surface area contributed by atoms with Crippen LogP contribution in [0.2, 0.25) is 0 Å². The zero-order chi connectivity index (χ0) is 21.4. The van der Waals surface area contributed by atoms with Crippen molar-refractivity contribution in [3.05, 3.63) is 53.6 Å². The molecule has 0 saturated carbocycles. The molecule has 1 fully saturated rings. The largest absolute Gasteiger partial charge is 0.379 e. The van der Waals surface area contributed by atoms with Crippen LogP contribution < -0.4 is 5.32 Å². The summed E-state index contributed by atoms with van der Waals surface area (Å²) in [7, 11) is -3.58. The lowest BCUT2D eigenvalue weighted by molar-refractivity contribution is -0.122. The van der Waals surface area contributed by atoms with Crippen molar-refractivity contribution in [3.63, 3.8) is 0 Å². The van der Waals surface area contributed by atoms with E-state index in [0.717, 1.165) is 35.0 Å². The van der Waals surface area contributed by atoms with Gasteiger partial charge in [-0.2, -0.15) is 4.31 Å². The first kappa shape index (κ1) is 20.1. The summed E-state index contributed by atoms with van der Waals surface area (Å²) in [4.78, 5) is 13.0. The van der Waals surface area contributed by atoms with Crippen LogP contribution >= 0.6 is 0 Å². The van der Waals surface area contributed by atoms with E-state index in [1.54, 1.807) is 16.8 Å². The number of benzene rings is 2. The summed E-state index contributed by atoms with van der Waals surface area (Å²) in [6, 6.07) is 12.5. The number of morpholine rings is 1. The molecule has 1 saturated heterocycles. The second-order valence-electron chi connectivity index (χ2n) is 7.77. The highest BCUT2D eigenvalue weighted by atomic mass is 32.2. The molecular formula is C21H23N5O4S. The lowest BCUT2D eigenvalue weighted by Crippen LogP contribution is -2.40. The van der Waals surface area contributed by atoms with E-state index < -0.39 is 10.0 Å². The highest BCUT2D eigenvalue weighted by Crippen LogP contribution is 2.33. The van der Waals surface area contributed by atoms with Crippen molar-refractivity contribution in [3.8, 4) is 0 Å². The number of carbonyl (C=O) groups excluding carboxylic acids is 1. The average Bonchev–Trinajstić information content (AvgIpc) is 3.38. The van der Waals surface area contributed by atoms with Crippen LogP contribution in [-0.2, 0) is 32.5 Å². The Morgan fingerprint density at radius 1 is 1.16 bits per heavy atom. The fourth-order valence-corrected chi connectivity index (χ4v) is 5.68. The molecule has 1 aliphatic heterocycles. The first-order valence-electron chi connectivity index (χ1n) is 10.3. The van der Waals surface area contributed by atoms with Gasteiger partial charge in [0.2, 0.25) is 15.9 Å². The van der Waals surface area contributed by atoms with Gasteiger partial charge >= 0.3 is 0 Å². The number of sulfonamides is 1. The van der Waals surface area contributed by atoms with Crippen LogP contribution in [0.4, 0.5) is 0 Å². The minimum atomic E-state index is -3.58. The van der Waals surface area contributed by atoms with Gasteiger partial charge in [-0.15, -0.1) is 5.10 Å². The zero-order valence-corrected chi connectivity index (χ0v) is 17.7. The van der Waals surface area contributed by atoms with Crippen LogP contribution in [0.15, 0.2) is 47.4 Å². The van der Waals surface area contributed by atoms with E-state index in [-0.39, 0.29) is 23.4 Å². The Kier molecular flexibility index (Phi) is 5.20. The molecule has 2 heterocycles. The van der Waals surface area contributed by atoms with Gasteiger partial charge in [0.1, 0.15) is 12.1 Å². The molecule has 31 heavy (non-hydrogen) atoms. The molecule has 162 valence electrons. The summed E-state index contributed by atoms with van der Waals surface area (Å²) in [5.41, 5.74) is 3.46. The number of nitrogens with one attached hydrogen (secondary N) is 1. The summed E-state index contributed by atoms with van der Waals surface area (Å²) in [6.07, 6.45) is 1.53. The molecule has 3 aromatic rings. The van der Waals surface area contributed by atoms with Gasteiger partial charge in [-0.05, 0) is 48.2 Å². The topological polar surface area (TPSA) is 106 Å². The van der Waals surface area contributed by atoms with Crippen LogP contribution in [0.1, 0.15) is 23.6 Å². The molecule has 5 rings (SSSR count). The van der Waals surface area contributed by atoms with E-state index >= 15 is 0 Å². The molecule has 1 atom stereocenters. The third-order valence-corrected chi connectivity index (χ3v) is 7.75. The molecule has 9 nitrogen and oxygen atoms in total. The van der Waals surface area contributed by atoms with Crippen LogP contribution in [0.5, 0.6) is 0 Å². The number of para-hydroxylation sites is 1. The fraction of sp³-hybridized carbons (Fsp3) is 0.381. The normalized spacial score (nSPS) is 19.4. The molecule has 10 heteroatoms. The van der Waals surface area contributed by atoms with E-state index in [1.165, 1.54) is 4.31 Å². The number of aryl methyl sites for hydroxylation is 1. The Balaban J connectivity index is 1.34. The molecule has 0 radical (unpaired) electrons. The third-order valence-electron chi connectivity index (χ3n) is 5.85. The van der Waals surface area contributed by atoms with Crippen LogP contribution in [0.3, 0.4) is 0 Å². The molecule has 0 spiro atoms. The van der Waals surface area contributed by atoms with Crippen molar-refractivity contribution in [1.29, 1.82) is 0 Å². The van der Waals surface area contributed by atoms with Crippen LogP contribution in [0, 0.1) is 0 Å². The van der Waals surface area contributed by atoms with Crippen molar-refractivity contribution in [2.75, 3.05) is 26.3 Å². The van der Waals surface area contributed by atoms with E-state index in [0.29, 0.717) is 26.3 Å². The molecule has 2 aliphatic rings. The first-order valence-corrected chi connectivity index (χ1v) is 11.7. The number of hydrogen-bond donors (Lipinski definition) is 1. The van der Waals surface area contributed by atoms with Gasteiger partial charge in [0.25, 0.3) is 0 Å². The zero-order valence-electron chi connectivity index (χ0n) is 16.9. The summed E-state index contributed by atoms with van der Waals surface area (Å²) in [6.45, 7) is 1.56. The van der Waals surface area contributed by atoms with Crippen molar-refractivity contribution < 1.29 is 17.9 Å². The Labute approximate surface area is 180 Å². The Bertz CT molecular complexity index is 1230. The molecule has 0 bridgehead atoms. The summed E-state index contributed by atoms with van der Waals surface area (Å²) < 4.78 is 34.3. The summed E-state index contributed by atoms with van der Waals surface area (Å²) >= 11 is 0. The summed E-state index contributed by atoms with van der Waals surface area (Å²) in [5.74, 6) is -0.185. The van der Waals surface area contributed by atoms with Gasteiger partial charge in [-0.3, -0.25) is 4.79 Å². The molecule has 2 aromatic carbocycles. The maximum Gasteiger partial charge on any atom is 0.243 e. The highest BCUT2D eigenvalue weighted by molar-refractivity contribution is 7.89. The molecule has 1 N–H and O–H groups in total. The second kappa shape index (κ2) is 8.03. The van der Waals surface area contributed by atoms with Gasteiger partial charge in [0.15, 0.2) is 0 Å². The quantitative estimate of drug-likeness (QED) is 0.639. The molecule has 1 aromatic heterocycles. The van der Waals surface area contributed by atoms with E-state index in [1.807, 2.05) is 30.3 Å². The maximum absolute atomic E-state index is 13.0. The number of hydrogen-bond acceptors (Lipinski definition) is 6. The number of aromatic nitrogens is 3. The van der Waals surface area contributed by atoms with E-state index in [9.17, 15) is 13.2 Å². The van der Waals surface area contributed by atoms with Gasteiger partial charge in [-0.1, -0.05) is 23.4 Å². The van der Waals surface area contributed by atoms with Gasteiger partial charge < -0.3 is 10.1 Å². The van der Waals surface area contributed by atoms with Crippen molar-refractivity contribution >= 4 is 27.0 Å². The Morgan fingerprint density at radius 3 is 2.81 bits per heavy atom. The monoisotopic (exact) mass is 441 g/mol. The first-order chi connectivity index (χ1) is 15.0. The Morgan fingerprint density at radius 2 is 1.97 bits per heavy atom. The van der Waals surface area contributed by atoms with E-state index in [2.05, 4.69) is 15.6 Å². The van der Waals surface area contributed by atoms with E-state index in [4.69, 9.17) is 4.74 Å². The van der Waals surface area contributed by atoms with Gasteiger partial charge in [-0.25, -0.2) is 13.1 Å². The van der Waals surface area contributed by atoms with Gasteiger partial charge in [0, 0.05) is 13.1 Å². The lowest BCUT2D eigenvalue weighted by Gasteiger charge is -2.26. The Hall–Kier alpha value is -2.82. The predicted octanol–water partition coefficient (Wildman–Crippen LogP) is 1.26. The number of amides is 1. The molecule has 1 unspecified atom stereocenters. The van der Waals surface area contributed by atoms with Crippen LogP contribution in [-0.4, -0.2) is 59.9 Å². The molecule has 1 amide bonds. The number of carbonyl (C=O) groups is 1. The predicted molar refractivity (Wildman–Crippen MR) is 113 cm³/mol. The van der Waals surface area contributed by atoms with Crippen molar-refractivity contribution in [1.82, 2.24) is 24.6 Å². The smallest absolute Gasteiger partial charge is 0.243 e. The SMILES string of the molecule is O=C(Cn1nnc2ccccc21)NC1CCc2ccc(S(=O)(=O)N3CCOCC3)cc21. The third kappa shape index (κ3) is 3.82. The fourth-order valence-electron chi connectivity index (χ4n) is 4.24. The maximum atomic E-state index is 13.0. The highest BCUT2D eigenvalue weighted by Gasteiger charge is 2.30. The van der Waals surface area contributed by atoms with Crippen molar-refractivity contribution in [2.45, 2.75) is 30.3 Å². The summed E-state index contributed by atoms with van der Waals surface area (Å²) in [5, 5.41) is 11.2. The number of ether oxygens (including phenoxy) is 1. The molecule has 1 aliphatic carbocycles. The minimum absolute atomic E-state index is 0.0537. The number of rotatable bonds is 5. The molecular weight excluding hydrogens is 418 g/mol. The van der Waals surface area contributed by atoms with Crippen molar-refractivity contribution in [2.24, 2.45) is 0 Å². The van der Waals surface area contributed by atoms with Gasteiger partial charge in [0.05, 0.1) is 29.7 Å². The number of fused-ring (bicyclic) bond motifs is 2. The number of nitrogens with zero attached hydrogens (tertiary/aromatic N) is 4. The average molecular weight is 442 g/mol. The second-order valence-corrected chi connectivity index (χ2v) is 9.71. The van der Waals surface area contributed by atoms with Crippen LogP contribution in [0.25, 0.3) is 11.0 Å².